The molecule has 6 heterocycles. The molecule has 320 valence electrons. The predicted octanol–water partition coefficient (Wildman–Crippen LogP) is 9.05. The van der Waals surface area contributed by atoms with E-state index >= 15 is 0 Å². The van der Waals surface area contributed by atoms with Gasteiger partial charge in [0, 0.05) is 68.3 Å². The Labute approximate surface area is 369 Å². The molecule has 6 aromatic rings. The number of hydrogen-bond donors (Lipinski definition) is 2. The van der Waals surface area contributed by atoms with Gasteiger partial charge in [-0.1, -0.05) is 46.5 Å². The number of aryl methyl sites for hydroxylation is 4. The van der Waals surface area contributed by atoms with Gasteiger partial charge in [0.05, 0.1) is 40.3 Å². The summed E-state index contributed by atoms with van der Waals surface area (Å²) >= 11 is 16.9. The molecule has 14 nitrogen and oxygen atoms in total. The fraction of sp³-hybridized carbons (Fsp3) is 0.364. The number of halogens is 3. The van der Waals surface area contributed by atoms with Crippen LogP contribution < -0.4 is 11.1 Å². The van der Waals surface area contributed by atoms with E-state index in [-0.39, 0.29) is 35.0 Å². The second-order valence-corrected chi connectivity index (χ2v) is 16.7. The van der Waals surface area contributed by atoms with Gasteiger partial charge in [-0.15, -0.1) is 0 Å². The predicted molar refractivity (Wildman–Crippen MR) is 238 cm³/mol. The maximum absolute atomic E-state index is 13.6. The van der Waals surface area contributed by atoms with Crippen LogP contribution in [-0.2, 0) is 9.59 Å². The lowest BCUT2D eigenvalue weighted by Gasteiger charge is -2.35. The molecule has 2 saturated heterocycles. The molecule has 3 amide bonds. The van der Waals surface area contributed by atoms with E-state index in [2.05, 4.69) is 37.1 Å². The van der Waals surface area contributed by atoms with E-state index in [1.807, 2.05) is 86.3 Å². The molecule has 2 aliphatic rings. The summed E-state index contributed by atoms with van der Waals surface area (Å²) in [5.41, 5.74) is 14.8. The summed E-state index contributed by atoms with van der Waals surface area (Å²) in [6.45, 7) is 11.7. The molecule has 4 aromatic heterocycles. The van der Waals surface area contributed by atoms with Gasteiger partial charge in [-0.2, -0.15) is 10.2 Å². The molecule has 0 unspecified atom stereocenters. The first-order valence-electron chi connectivity index (χ1n) is 20.1. The van der Waals surface area contributed by atoms with Crippen LogP contribution in [0.2, 0.25) is 10.3 Å². The minimum atomic E-state index is -0.361. The number of carbonyl (C=O) groups excluding carboxylic acids is 4. The van der Waals surface area contributed by atoms with Crippen LogP contribution in [0.25, 0.3) is 11.3 Å². The van der Waals surface area contributed by atoms with E-state index in [9.17, 15) is 19.2 Å². The number of likely N-dealkylation sites (tertiary alicyclic amines) is 2. The zero-order valence-corrected chi connectivity index (χ0v) is 37.3. The van der Waals surface area contributed by atoms with Crippen LogP contribution in [0, 0.1) is 27.7 Å². The highest BCUT2D eigenvalue weighted by molar-refractivity contribution is 6.62. The summed E-state index contributed by atoms with van der Waals surface area (Å²) < 4.78 is 3.44. The molecule has 8 rings (SSSR count). The molecule has 0 radical (unpaired) electrons. The number of nitrogen functional groups attached to an aromatic ring is 1. The van der Waals surface area contributed by atoms with Crippen molar-refractivity contribution in [2.45, 2.75) is 92.2 Å². The largest absolute Gasteiger partial charge is 0.398 e. The zero-order chi connectivity index (χ0) is 44.1. The molecule has 2 aromatic carbocycles. The van der Waals surface area contributed by atoms with Crippen LogP contribution >= 0.6 is 34.8 Å². The van der Waals surface area contributed by atoms with Crippen molar-refractivity contribution in [2.24, 2.45) is 0 Å². The van der Waals surface area contributed by atoms with Crippen LogP contribution in [0.5, 0.6) is 0 Å². The zero-order valence-electron chi connectivity index (χ0n) is 35.0. The quantitative estimate of drug-likeness (QED) is 0.0973. The fourth-order valence-corrected chi connectivity index (χ4v) is 7.87. The van der Waals surface area contributed by atoms with Crippen LogP contribution in [0.4, 0.5) is 11.4 Å². The summed E-state index contributed by atoms with van der Waals surface area (Å²) in [6, 6.07) is 14.6. The molecular weight excluding hydrogens is 839 g/mol. The standard InChI is InChI=1S/C22H24ClN5O2.C20H22ClN5O.C2H3ClO/c1-13-7-8-17(24-15(3)29)16(10-13)22(30)27-9-5-4-6-19(27)18-11-20-25-21(23)14(2)12-28(20)26-18;1-12-6-7-15(22)14(9-12)20(27)25-8-4-3-5-17(25)16-10-18-23-19(21)13(2)11-26(18)24-16;1-2(3)4/h7-8,10-12,19H,4-6,9H2,1-3H3,(H,24,29);6-7,9-11,17H,3-5,8,22H2,1-2H3;1H3/t19-;17-;/m00./s1. The molecular formula is C44H49Cl3N10O4. The van der Waals surface area contributed by atoms with Crippen LogP contribution in [0.3, 0.4) is 0 Å². The molecule has 2 atom stereocenters. The fourth-order valence-electron chi connectivity index (χ4n) is 7.60. The highest BCUT2D eigenvalue weighted by Crippen LogP contribution is 2.35. The van der Waals surface area contributed by atoms with Crippen LogP contribution in [-0.4, -0.2) is 75.0 Å². The van der Waals surface area contributed by atoms with Crippen molar-refractivity contribution in [1.82, 2.24) is 39.0 Å². The van der Waals surface area contributed by atoms with Crippen molar-refractivity contribution in [3.8, 4) is 0 Å². The van der Waals surface area contributed by atoms with E-state index in [0.29, 0.717) is 57.2 Å². The minimum absolute atomic E-state index is 0.0415. The number of nitrogens with two attached hydrogens (primary N) is 1. The second kappa shape index (κ2) is 19.4. The van der Waals surface area contributed by atoms with Gasteiger partial charge in [0.25, 0.3) is 11.8 Å². The number of nitrogens with one attached hydrogen (secondary N) is 1. The molecule has 3 N–H and O–H groups in total. The summed E-state index contributed by atoms with van der Waals surface area (Å²) in [5.74, 6) is -0.353. The number of rotatable bonds is 5. The molecule has 0 saturated carbocycles. The van der Waals surface area contributed by atoms with Crippen molar-refractivity contribution in [1.29, 1.82) is 0 Å². The van der Waals surface area contributed by atoms with Gasteiger partial charge in [0.15, 0.2) is 11.3 Å². The number of carbonyl (C=O) groups is 4. The molecule has 0 bridgehead atoms. The van der Waals surface area contributed by atoms with E-state index < -0.39 is 0 Å². The maximum atomic E-state index is 13.6. The average molecular weight is 888 g/mol. The van der Waals surface area contributed by atoms with E-state index in [1.54, 1.807) is 21.2 Å². The van der Waals surface area contributed by atoms with Crippen molar-refractivity contribution in [3.05, 3.63) is 116 Å². The monoisotopic (exact) mass is 886 g/mol. The Morgan fingerprint density at radius 2 is 1.11 bits per heavy atom. The number of nitrogens with zero attached hydrogens (tertiary/aromatic N) is 8. The van der Waals surface area contributed by atoms with Gasteiger partial charge < -0.3 is 20.9 Å². The van der Waals surface area contributed by atoms with E-state index in [0.717, 1.165) is 72.2 Å². The Kier molecular flexibility index (Phi) is 14.3. The third kappa shape index (κ3) is 10.7. The van der Waals surface area contributed by atoms with Crippen molar-refractivity contribution in [3.63, 3.8) is 0 Å². The third-order valence-electron chi connectivity index (χ3n) is 10.5. The first-order chi connectivity index (χ1) is 29.0. The first-order valence-corrected chi connectivity index (χ1v) is 21.2. The number of benzene rings is 2. The van der Waals surface area contributed by atoms with Crippen molar-refractivity contribution < 1.29 is 19.2 Å². The van der Waals surface area contributed by atoms with Crippen molar-refractivity contribution in [2.75, 3.05) is 24.1 Å². The molecule has 61 heavy (non-hydrogen) atoms. The number of piperidine rings is 2. The van der Waals surface area contributed by atoms with Crippen LogP contribution in [0.15, 0.2) is 60.9 Å². The molecule has 0 spiro atoms. The van der Waals surface area contributed by atoms with E-state index in [4.69, 9.17) is 28.9 Å². The lowest BCUT2D eigenvalue weighted by molar-refractivity contribution is -0.114. The number of aromatic nitrogens is 6. The van der Waals surface area contributed by atoms with Gasteiger partial charge in [0.2, 0.25) is 11.1 Å². The summed E-state index contributed by atoms with van der Waals surface area (Å²) in [7, 11) is 0. The summed E-state index contributed by atoms with van der Waals surface area (Å²) in [4.78, 5) is 60.2. The number of anilines is 2. The Morgan fingerprint density at radius 1 is 0.672 bits per heavy atom. The smallest absolute Gasteiger partial charge is 0.256 e. The van der Waals surface area contributed by atoms with Gasteiger partial charge in [-0.05, 0) is 102 Å². The topological polar surface area (TPSA) is 173 Å². The highest BCUT2D eigenvalue weighted by Gasteiger charge is 2.33. The van der Waals surface area contributed by atoms with E-state index in [1.165, 1.54) is 13.8 Å². The second-order valence-electron chi connectivity index (χ2n) is 15.5. The van der Waals surface area contributed by atoms with Crippen LogP contribution in [0.1, 0.15) is 119 Å². The Bertz CT molecular complexity index is 2540. The summed E-state index contributed by atoms with van der Waals surface area (Å²) in [6.07, 6.45) is 9.38. The minimum Gasteiger partial charge on any atom is -0.398 e. The normalized spacial score (nSPS) is 16.3. The first kappa shape index (κ1) is 45.0. The number of amides is 3. The maximum Gasteiger partial charge on any atom is 0.256 e. The van der Waals surface area contributed by atoms with Gasteiger partial charge in [0.1, 0.15) is 10.3 Å². The van der Waals surface area contributed by atoms with Crippen molar-refractivity contribution >= 4 is 80.4 Å². The van der Waals surface area contributed by atoms with Gasteiger partial charge >= 0.3 is 0 Å². The number of hydrogen-bond acceptors (Lipinski definition) is 9. The summed E-state index contributed by atoms with van der Waals surface area (Å²) in [5, 5.41) is 12.7. The molecule has 2 aliphatic heterocycles. The molecule has 0 aliphatic carbocycles. The Morgan fingerprint density at radius 3 is 1.59 bits per heavy atom. The molecule has 2 fully saturated rings. The highest BCUT2D eigenvalue weighted by atomic mass is 35.5. The Hall–Kier alpha value is -5.57. The molecule has 17 heteroatoms. The SMILES string of the molecule is CC(=O)Cl.CC(=O)Nc1ccc(C)cc1C(=O)N1CCCC[C@H]1c1cc2nc(Cl)c(C)cn2n1.Cc1ccc(N)c(C(=O)N2CCCC[C@H]2c2cc3nc(Cl)c(C)cn3n2)c1. The van der Waals surface area contributed by atoms with Gasteiger partial charge in [-0.25, -0.2) is 19.0 Å². The lowest BCUT2D eigenvalue weighted by atomic mass is 9.97. The van der Waals surface area contributed by atoms with Gasteiger partial charge in [-0.3, -0.25) is 19.2 Å². The third-order valence-corrected chi connectivity index (χ3v) is 11.3. The lowest BCUT2D eigenvalue weighted by Crippen LogP contribution is -2.39. The Balaban J connectivity index is 0.000000189. The average Bonchev–Trinajstić information content (AvgIpc) is 3.82. The number of fused-ring (bicyclic) bond motifs is 2.